The van der Waals surface area contributed by atoms with E-state index in [9.17, 15) is 0 Å². The third kappa shape index (κ3) is 6.07. The van der Waals surface area contributed by atoms with Crippen LogP contribution in [0.1, 0.15) is 112 Å². The van der Waals surface area contributed by atoms with Crippen LogP contribution in [0.5, 0.6) is 0 Å². The van der Waals surface area contributed by atoms with Crippen molar-refractivity contribution in [1.82, 2.24) is 0 Å². The quantitative estimate of drug-likeness (QED) is 0.295. The average Bonchev–Trinajstić information content (AvgIpc) is 3.14. The van der Waals surface area contributed by atoms with Gasteiger partial charge in [0.15, 0.2) is 0 Å². The molecule has 0 heteroatoms. The summed E-state index contributed by atoms with van der Waals surface area (Å²) in [4.78, 5) is 0. The molecule has 192 valence electrons. The lowest BCUT2D eigenvalue weighted by atomic mass is 9.76. The van der Waals surface area contributed by atoms with Crippen LogP contribution in [0.2, 0.25) is 0 Å². The van der Waals surface area contributed by atoms with Crippen molar-refractivity contribution in [3.05, 3.63) is 82.4 Å². The van der Waals surface area contributed by atoms with Gasteiger partial charge in [-0.1, -0.05) is 94.6 Å². The van der Waals surface area contributed by atoms with Gasteiger partial charge < -0.3 is 0 Å². The third-order valence-corrected chi connectivity index (χ3v) is 9.71. The fourth-order valence-electron chi connectivity index (χ4n) is 7.39. The predicted molar refractivity (Wildman–Crippen MR) is 157 cm³/mol. The predicted octanol–water partition coefficient (Wildman–Crippen LogP) is 10.2. The minimum atomic E-state index is 0.760. The highest BCUT2D eigenvalue weighted by molar-refractivity contribution is 5.88. The van der Waals surface area contributed by atoms with Crippen LogP contribution in [0.15, 0.2) is 54.6 Å². The largest absolute Gasteiger partial charge is 0.0625 e. The first-order valence-electron chi connectivity index (χ1n) is 15.2. The Morgan fingerprint density at radius 2 is 1.33 bits per heavy atom. The van der Waals surface area contributed by atoms with E-state index in [0.29, 0.717) is 0 Å². The highest BCUT2D eigenvalue weighted by atomic mass is 14.3. The maximum Gasteiger partial charge on any atom is -0.0149 e. The molecule has 2 fully saturated rings. The van der Waals surface area contributed by atoms with Gasteiger partial charge in [0.2, 0.25) is 0 Å². The molecule has 0 aliphatic heterocycles. The molecule has 0 spiro atoms. The van der Waals surface area contributed by atoms with E-state index in [0.717, 1.165) is 36.5 Å². The summed E-state index contributed by atoms with van der Waals surface area (Å²) >= 11 is 0. The van der Waals surface area contributed by atoms with Crippen LogP contribution < -0.4 is 0 Å². The summed E-state index contributed by atoms with van der Waals surface area (Å²) < 4.78 is 0. The Hall–Kier alpha value is -2.08. The summed E-state index contributed by atoms with van der Waals surface area (Å²) in [6.07, 6.45) is 17.4. The molecule has 3 aromatic carbocycles. The van der Waals surface area contributed by atoms with Gasteiger partial charge in [-0.2, -0.15) is 0 Å². The van der Waals surface area contributed by atoms with Crippen LogP contribution in [-0.4, -0.2) is 0 Å². The Morgan fingerprint density at radius 3 is 2.06 bits per heavy atom. The standard InChI is InChI=1S/C36H48/c1-4-30-22-35-24-33(32-13-9-10-26(3)14-19-32)23-34(36(35)25-31(30)5-2)21-29-17-15-28(16-18-29)20-27-11-7-6-8-12-27/h6-8,11-12,22-26,28-29,32H,4-5,9-10,13-21H2,1-3H3. The lowest BCUT2D eigenvalue weighted by molar-refractivity contribution is 0.272. The monoisotopic (exact) mass is 480 g/mol. The fraction of sp³-hybridized carbons (Fsp3) is 0.556. The zero-order chi connectivity index (χ0) is 24.9. The molecule has 5 rings (SSSR count). The first kappa shape index (κ1) is 25.6. The molecule has 0 aromatic heterocycles. The van der Waals surface area contributed by atoms with Gasteiger partial charge in [0.25, 0.3) is 0 Å². The van der Waals surface area contributed by atoms with Gasteiger partial charge in [0, 0.05) is 0 Å². The summed E-state index contributed by atoms with van der Waals surface area (Å²) in [5, 5.41) is 3.08. The lowest BCUT2D eigenvalue weighted by Crippen LogP contribution is -2.18. The maximum absolute atomic E-state index is 2.67. The highest BCUT2D eigenvalue weighted by Crippen LogP contribution is 2.39. The number of benzene rings is 3. The molecule has 0 amide bonds. The van der Waals surface area contributed by atoms with Gasteiger partial charge in [-0.15, -0.1) is 0 Å². The molecule has 0 bridgehead atoms. The van der Waals surface area contributed by atoms with Gasteiger partial charge in [0.05, 0.1) is 0 Å². The maximum atomic E-state index is 2.67. The van der Waals surface area contributed by atoms with E-state index in [-0.39, 0.29) is 0 Å². The molecule has 0 N–H and O–H groups in total. The van der Waals surface area contributed by atoms with E-state index in [1.54, 1.807) is 27.6 Å². The van der Waals surface area contributed by atoms with E-state index in [1.165, 1.54) is 81.6 Å². The SMILES string of the molecule is CCc1cc2cc(C3CCCC(C)CC3)cc(CC3CCC(Cc4ccccc4)CC3)c2cc1CC. The normalized spacial score (nSPS) is 25.1. The molecule has 36 heavy (non-hydrogen) atoms. The number of fused-ring (bicyclic) bond motifs is 1. The van der Waals surface area contributed by atoms with Crippen LogP contribution in [0.4, 0.5) is 0 Å². The summed E-state index contributed by atoms with van der Waals surface area (Å²) in [5.41, 5.74) is 7.95. The zero-order valence-corrected chi connectivity index (χ0v) is 23.2. The summed E-state index contributed by atoms with van der Waals surface area (Å²) in [6, 6.07) is 21.5. The van der Waals surface area contributed by atoms with Crippen LogP contribution in [0.25, 0.3) is 10.8 Å². The van der Waals surface area contributed by atoms with E-state index in [4.69, 9.17) is 0 Å². The first-order valence-corrected chi connectivity index (χ1v) is 15.2. The topological polar surface area (TPSA) is 0 Å². The second kappa shape index (κ2) is 12.0. The fourth-order valence-corrected chi connectivity index (χ4v) is 7.39. The van der Waals surface area contributed by atoms with Crippen molar-refractivity contribution in [2.45, 2.75) is 110 Å². The molecule has 0 nitrogen and oxygen atoms in total. The molecule has 3 aromatic rings. The molecule has 0 radical (unpaired) electrons. The smallest absolute Gasteiger partial charge is 0.0149 e. The van der Waals surface area contributed by atoms with Crippen molar-refractivity contribution in [2.24, 2.45) is 17.8 Å². The number of aryl methyl sites for hydroxylation is 2. The van der Waals surface area contributed by atoms with Crippen molar-refractivity contribution < 1.29 is 0 Å². The molecule has 2 saturated carbocycles. The summed E-state index contributed by atoms with van der Waals surface area (Å²) in [6.45, 7) is 7.11. The van der Waals surface area contributed by atoms with Crippen LogP contribution >= 0.6 is 0 Å². The minimum absolute atomic E-state index is 0.760. The minimum Gasteiger partial charge on any atom is -0.0625 e. The van der Waals surface area contributed by atoms with Gasteiger partial charge in [0.1, 0.15) is 0 Å². The van der Waals surface area contributed by atoms with Crippen molar-refractivity contribution in [3.63, 3.8) is 0 Å². The van der Waals surface area contributed by atoms with Crippen molar-refractivity contribution >= 4 is 10.8 Å². The highest BCUT2D eigenvalue weighted by Gasteiger charge is 2.24. The lowest BCUT2D eigenvalue weighted by Gasteiger charge is -2.29. The van der Waals surface area contributed by atoms with Crippen LogP contribution in [-0.2, 0) is 25.7 Å². The molecule has 2 atom stereocenters. The number of rotatable bonds is 7. The molecular weight excluding hydrogens is 432 g/mol. The van der Waals surface area contributed by atoms with Crippen molar-refractivity contribution in [1.29, 1.82) is 0 Å². The first-order chi connectivity index (χ1) is 17.6. The number of hydrogen-bond acceptors (Lipinski definition) is 0. The molecule has 2 aliphatic carbocycles. The molecule has 2 aliphatic rings. The third-order valence-electron chi connectivity index (χ3n) is 9.71. The Labute approximate surface area is 220 Å². The summed E-state index contributed by atoms with van der Waals surface area (Å²) in [5.74, 6) is 3.38. The van der Waals surface area contributed by atoms with E-state index in [2.05, 4.69) is 75.4 Å². The van der Waals surface area contributed by atoms with Gasteiger partial charge in [-0.05, 0) is 126 Å². The second-order valence-corrected chi connectivity index (χ2v) is 12.3. The van der Waals surface area contributed by atoms with E-state index in [1.807, 2.05) is 0 Å². The molecular formula is C36H48. The van der Waals surface area contributed by atoms with Gasteiger partial charge in [-0.25, -0.2) is 0 Å². The average molecular weight is 481 g/mol. The van der Waals surface area contributed by atoms with E-state index >= 15 is 0 Å². The van der Waals surface area contributed by atoms with Gasteiger partial charge >= 0.3 is 0 Å². The molecule has 2 unspecified atom stereocenters. The van der Waals surface area contributed by atoms with Crippen LogP contribution in [0, 0.1) is 17.8 Å². The van der Waals surface area contributed by atoms with Gasteiger partial charge in [-0.3, -0.25) is 0 Å². The zero-order valence-electron chi connectivity index (χ0n) is 23.2. The Morgan fingerprint density at radius 1 is 0.639 bits per heavy atom. The second-order valence-electron chi connectivity index (χ2n) is 12.3. The van der Waals surface area contributed by atoms with Crippen molar-refractivity contribution in [3.8, 4) is 0 Å². The molecule has 0 heterocycles. The Bertz CT molecular complexity index is 1120. The molecule has 0 saturated heterocycles. The van der Waals surface area contributed by atoms with Crippen molar-refractivity contribution in [2.75, 3.05) is 0 Å². The van der Waals surface area contributed by atoms with Crippen LogP contribution in [0.3, 0.4) is 0 Å². The van der Waals surface area contributed by atoms with E-state index < -0.39 is 0 Å². The Kier molecular flexibility index (Phi) is 8.51. The number of hydrogen-bond donors (Lipinski definition) is 0. The Balaban J connectivity index is 1.38. The summed E-state index contributed by atoms with van der Waals surface area (Å²) in [7, 11) is 0.